The fourth-order valence-electron chi connectivity index (χ4n) is 4.07. The minimum absolute atomic E-state index is 0.223. The molecule has 0 aliphatic heterocycles. The van der Waals surface area contributed by atoms with Crippen LogP contribution in [-0.4, -0.2) is 17.5 Å². The normalized spacial score (nSPS) is 13.1. The zero-order valence-corrected chi connectivity index (χ0v) is 18.8. The van der Waals surface area contributed by atoms with Gasteiger partial charge in [-0.15, -0.1) is 11.8 Å². The maximum absolute atomic E-state index is 13.6. The highest BCUT2D eigenvalue weighted by atomic mass is 32.2. The number of hydrogen-bond acceptors (Lipinski definition) is 5. The van der Waals surface area contributed by atoms with Crippen molar-refractivity contribution in [3.05, 3.63) is 125 Å². The van der Waals surface area contributed by atoms with Crippen LogP contribution in [0.1, 0.15) is 42.7 Å². The maximum atomic E-state index is 13.6. The van der Waals surface area contributed by atoms with Gasteiger partial charge in [0.05, 0.1) is 11.3 Å². The van der Waals surface area contributed by atoms with Gasteiger partial charge >= 0.3 is 0 Å². The summed E-state index contributed by atoms with van der Waals surface area (Å²) in [5.41, 5.74) is 8.91. The summed E-state index contributed by atoms with van der Waals surface area (Å²) in [6, 6.07) is 28.5. The quantitative estimate of drug-likeness (QED) is 0.264. The van der Waals surface area contributed by atoms with Gasteiger partial charge in [-0.05, 0) is 29.8 Å². The van der Waals surface area contributed by atoms with Gasteiger partial charge in [0.15, 0.2) is 11.6 Å². The molecule has 5 rings (SSSR count). The molecule has 4 aromatic carbocycles. The Hall–Kier alpha value is -4.16. The van der Waals surface area contributed by atoms with Gasteiger partial charge in [-0.3, -0.25) is 14.4 Å². The first-order valence-corrected chi connectivity index (χ1v) is 11.6. The van der Waals surface area contributed by atoms with Crippen LogP contribution >= 0.6 is 11.8 Å². The Morgan fingerprint density at radius 2 is 1.38 bits per heavy atom. The molecule has 0 saturated carbocycles. The Labute approximate surface area is 201 Å². The SMILES string of the molecule is Nc1cccc(SC(C(=O)Nc2cccc3c2C(=O)c2ccccc2C3=O)c2ccccc2)c1. The van der Waals surface area contributed by atoms with Crippen LogP contribution in [0.2, 0.25) is 0 Å². The Bertz CT molecular complexity index is 1430. The lowest BCUT2D eigenvalue weighted by Gasteiger charge is -2.22. The van der Waals surface area contributed by atoms with Crippen molar-refractivity contribution in [3.63, 3.8) is 0 Å². The van der Waals surface area contributed by atoms with Gasteiger partial charge in [-0.1, -0.05) is 72.8 Å². The van der Waals surface area contributed by atoms with E-state index in [1.165, 1.54) is 11.8 Å². The molecule has 34 heavy (non-hydrogen) atoms. The number of fused-ring (bicyclic) bond motifs is 2. The van der Waals surface area contributed by atoms with Crippen molar-refractivity contribution < 1.29 is 14.4 Å². The van der Waals surface area contributed by atoms with Crippen LogP contribution in [0.5, 0.6) is 0 Å². The largest absolute Gasteiger partial charge is 0.399 e. The van der Waals surface area contributed by atoms with Crippen molar-refractivity contribution in [2.24, 2.45) is 0 Å². The minimum Gasteiger partial charge on any atom is -0.399 e. The average Bonchev–Trinajstić information content (AvgIpc) is 2.86. The third kappa shape index (κ3) is 4.00. The average molecular weight is 465 g/mol. The fourth-order valence-corrected chi connectivity index (χ4v) is 5.16. The second kappa shape index (κ2) is 9.00. The van der Waals surface area contributed by atoms with E-state index >= 15 is 0 Å². The number of anilines is 2. The van der Waals surface area contributed by atoms with Crippen molar-refractivity contribution in [1.29, 1.82) is 0 Å². The van der Waals surface area contributed by atoms with Crippen LogP contribution in [0, 0.1) is 0 Å². The maximum Gasteiger partial charge on any atom is 0.242 e. The van der Waals surface area contributed by atoms with Crippen LogP contribution in [0.4, 0.5) is 11.4 Å². The second-order valence-corrected chi connectivity index (χ2v) is 9.08. The van der Waals surface area contributed by atoms with Crippen LogP contribution in [0.25, 0.3) is 0 Å². The molecule has 0 aromatic heterocycles. The van der Waals surface area contributed by atoms with Gasteiger partial charge in [-0.2, -0.15) is 0 Å². The highest BCUT2D eigenvalue weighted by Crippen LogP contribution is 2.38. The molecule has 4 aromatic rings. The van der Waals surface area contributed by atoms with Crippen LogP contribution in [0.15, 0.2) is 102 Å². The molecule has 1 aliphatic rings. The molecule has 1 unspecified atom stereocenters. The van der Waals surface area contributed by atoms with Crippen molar-refractivity contribution >= 4 is 40.6 Å². The van der Waals surface area contributed by atoms with Crippen LogP contribution < -0.4 is 11.1 Å². The molecule has 3 N–H and O–H groups in total. The summed E-state index contributed by atoms with van der Waals surface area (Å²) in [5.74, 6) is -0.804. The number of nitrogens with two attached hydrogens (primary N) is 1. The summed E-state index contributed by atoms with van der Waals surface area (Å²) in [4.78, 5) is 40.7. The molecule has 0 spiro atoms. The number of thioether (sulfide) groups is 1. The summed E-state index contributed by atoms with van der Waals surface area (Å²) in [7, 11) is 0. The van der Waals surface area contributed by atoms with E-state index in [4.69, 9.17) is 5.73 Å². The van der Waals surface area contributed by atoms with Gasteiger partial charge in [0.1, 0.15) is 5.25 Å². The predicted molar refractivity (Wildman–Crippen MR) is 134 cm³/mol. The summed E-state index contributed by atoms with van der Waals surface area (Å²) in [5, 5.41) is 2.32. The van der Waals surface area contributed by atoms with E-state index in [1.807, 2.05) is 48.5 Å². The summed E-state index contributed by atoms with van der Waals surface area (Å²) >= 11 is 1.37. The van der Waals surface area contributed by atoms with E-state index in [-0.39, 0.29) is 23.0 Å². The molecule has 5 nitrogen and oxygen atoms in total. The molecule has 0 bridgehead atoms. The highest BCUT2D eigenvalue weighted by Gasteiger charge is 2.32. The van der Waals surface area contributed by atoms with E-state index in [0.717, 1.165) is 10.5 Å². The minimum atomic E-state index is -0.597. The van der Waals surface area contributed by atoms with Crippen molar-refractivity contribution in [3.8, 4) is 0 Å². The molecule has 0 heterocycles. The molecule has 6 heteroatoms. The standard InChI is InChI=1S/C28H20N2O3S/c29-18-10-6-11-19(16-18)34-27(17-8-2-1-3-9-17)28(33)30-23-15-7-14-22-24(23)26(32)21-13-5-4-12-20(21)25(22)31/h1-16,27H,29H2,(H,30,33). The Kier molecular flexibility index (Phi) is 5.74. The topological polar surface area (TPSA) is 89.3 Å². The monoisotopic (exact) mass is 464 g/mol. The first kappa shape index (κ1) is 21.7. The molecular weight excluding hydrogens is 444 g/mol. The molecule has 1 amide bonds. The Morgan fingerprint density at radius 1 is 0.735 bits per heavy atom. The fraction of sp³-hybridized carbons (Fsp3) is 0.0357. The third-order valence-electron chi connectivity index (χ3n) is 5.66. The number of benzene rings is 4. The number of amides is 1. The molecule has 0 saturated heterocycles. The van der Waals surface area contributed by atoms with E-state index < -0.39 is 5.25 Å². The molecule has 166 valence electrons. The van der Waals surface area contributed by atoms with Gasteiger partial charge in [-0.25, -0.2) is 0 Å². The molecule has 1 aliphatic carbocycles. The number of carbonyl (C=O) groups is 3. The first-order valence-electron chi connectivity index (χ1n) is 10.7. The first-order chi connectivity index (χ1) is 16.5. The number of nitrogens with one attached hydrogen (secondary N) is 1. The van der Waals surface area contributed by atoms with E-state index in [1.54, 1.807) is 48.5 Å². The second-order valence-electron chi connectivity index (χ2n) is 7.90. The van der Waals surface area contributed by atoms with Gasteiger partial charge in [0.2, 0.25) is 5.91 Å². The zero-order chi connectivity index (χ0) is 23.7. The number of rotatable bonds is 5. The number of ketones is 2. The van der Waals surface area contributed by atoms with Crippen molar-refractivity contribution in [1.82, 2.24) is 0 Å². The molecule has 0 radical (unpaired) electrons. The van der Waals surface area contributed by atoms with Crippen molar-refractivity contribution in [2.75, 3.05) is 11.1 Å². The van der Waals surface area contributed by atoms with Crippen molar-refractivity contribution in [2.45, 2.75) is 10.1 Å². The van der Waals surface area contributed by atoms with Gasteiger partial charge in [0, 0.05) is 27.3 Å². The Balaban J connectivity index is 1.51. The molecular formula is C28H20N2O3S. The lowest BCUT2D eigenvalue weighted by Crippen LogP contribution is -2.25. The number of hydrogen-bond donors (Lipinski definition) is 2. The van der Waals surface area contributed by atoms with Crippen LogP contribution in [0.3, 0.4) is 0 Å². The Morgan fingerprint density at radius 3 is 2.12 bits per heavy atom. The smallest absolute Gasteiger partial charge is 0.242 e. The highest BCUT2D eigenvalue weighted by molar-refractivity contribution is 8.00. The summed E-state index contributed by atoms with van der Waals surface area (Å²) in [6.07, 6.45) is 0. The lowest BCUT2D eigenvalue weighted by molar-refractivity contribution is -0.115. The van der Waals surface area contributed by atoms with E-state index in [9.17, 15) is 14.4 Å². The van der Waals surface area contributed by atoms with E-state index in [0.29, 0.717) is 28.1 Å². The predicted octanol–water partition coefficient (Wildman–Crippen LogP) is 5.52. The lowest BCUT2D eigenvalue weighted by atomic mass is 9.83. The van der Waals surface area contributed by atoms with Gasteiger partial charge < -0.3 is 11.1 Å². The summed E-state index contributed by atoms with van der Waals surface area (Å²) < 4.78 is 0. The number of carbonyl (C=O) groups excluding carboxylic acids is 3. The van der Waals surface area contributed by atoms with E-state index in [2.05, 4.69) is 5.32 Å². The zero-order valence-electron chi connectivity index (χ0n) is 18.0. The third-order valence-corrected chi connectivity index (χ3v) is 6.91. The van der Waals surface area contributed by atoms with Crippen LogP contribution in [-0.2, 0) is 4.79 Å². The van der Waals surface area contributed by atoms with Gasteiger partial charge in [0.25, 0.3) is 0 Å². The molecule has 0 fully saturated rings. The number of nitrogen functional groups attached to an aromatic ring is 1. The molecule has 1 atom stereocenters. The summed E-state index contributed by atoms with van der Waals surface area (Å²) in [6.45, 7) is 0.